The van der Waals surface area contributed by atoms with Crippen molar-refractivity contribution in [1.29, 1.82) is 0 Å². The molecule has 0 aromatic heterocycles. The number of nitrogens with zero attached hydrogens (tertiary/aromatic N) is 2. The highest BCUT2D eigenvalue weighted by molar-refractivity contribution is 5.69. The van der Waals surface area contributed by atoms with Crippen LogP contribution in [0.15, 0.2) is 0 Å². The summed E-state index contributed by atoms with van der Waals surface area (Å²) in [6.07, 6.45) is 1.02. The van der Waals surface area contributed by atoms with E-state index < -0.39 is 5.60 Å². The summed E-state index contributed by atoms with van der Waals surface area (Å²) in [7, 11) is 2.15. The fraction of sp³-hybridized carbons (Fsp3) is 0.923. The Morgan fingerprint density at radius 2 is 1.89 bits per heavy atom. The summed E-state index contributed by atoms with van der Waals surface area (Å²) >= 11 is 0. The summed E-state index contributed by atoms with van der Waals surface area (Å²) < 4.78 is 5.33. The first-order valence-electron chi connectivity index (χ1n) is 6.76. The van der Waals surface area contributed by atoms with E-state index in [0.29, 0.717) is 12.1 Å². The predicted molar refractivity (Wildman–Crippen MR) is 70.6 cm³/mol. The Morgan fingerprint density at radius 3 is 2.39 bits per heavy atom. The number of hydrogen-bond donors (Lipinski definition) is 1. The lowest BCUT2D eigenvalue weighted by Crippen LogP contribution is -2.62. The van der Waals surface area contributed by atoms with Crippen molar-refractivity contribution >= 4 is 6.09 Å². The number of hydrogen-bond acceptors (Lipinski definition) is 4. The minimum Gasteiger partial charge on any atom is -0.444 e. The third kappa shape index (κ3) is 3.59. The van der Waals surface area contributed by atoms with Crippen molar-refractivity contribution in [3.05, 3.63) is 0 Å². The van der Waals surface area contributed by atoms with Crippen LogP contribution in [0, 0.1) is 0 Å². The molecule has 2 fully saturated rings. The summed E-state index contributed by atoms with van der Waals surface area (Å²) in [5.74, 6) is 0. The lowest BCUT2D eigenvalue weighted by molar-refractivity contribution is 0.00429. The van der Waals surface area contributed by atoms with E-state index in [1.165, 1.54) is 13.0 Å². The summed E-state index contributed by atoms with van der Waals surface area (Å²) in [6, 6.07) is 1.02. The molecule has 104 valence electrons. The normalized spacial score (nSPS) is 26.2. The van der Waals surface area contributed by atoms with Crippen LogP contribution in [-0.4, -0.2) is 66.8 Å². The fourth-order valence-corrected chi connectivity index (χ4v) is 2.46. The molecule has 2 saturated heterocycles. The van der Waals surface area contributed by atoms with Gasteiger partial charge in [-0.1, -0.05) is 0 Å². The second kappa shape index (κ2) is 5.05. The van der Waals surface area contributed by atoms with Crippen molar-refractivity contribution in [2.45, 2.75) is 44.9 Å². The summed E-state index contributed by atoms with van der Waals surface area (Å²) in [5.41, 5.74) is -0.399. The van der Waals surface area contributed by atoms with E-state index in [4.69, 9.17) is 4.74 Å². The average molecular weight is 255 g/mol. The van der Waals surface area contributed by atoms with Crippen LogP contribution in [0.1, 0.15) is 27.2 Å². The van der Waals surface area contributed by atoms with Crippen molar-refractivity contribution < 1.29 is 9.53 Å². The van der Waals surface area contributed by atoms with Crippen LogP contribution in [0.2, 0.25) is 0 Å². The minimum atomic E-state index is -0.399. The largest absolute Gasteiger partial charge is 0.444 e. The van der Waals surface area contributed by atoms with Gasteiger partial charge in [0.2, 0.25) is 0 Å². The predicted octanol–water partition coefficient (Wildman–Crippen LogP) is 0.899. The molecule has 0 saturated carbocycles. The van der Waals surface area contributed by atoms with E-state index in [1.54, 1.807) is 4.90 Å². The first-order chi connectivity index (χ1) is 8.33. The lowest BCUT2D eigenvalue weighted by atomic mass is 10.1. The molecule has 1 atom stereocenters. The lowest BCUT2D eigenvalue weighted by Gasteiger charge is -2.41. The van der Waals surface area contributed by atoms with Crippen LogP contribution in [0.3, 0.4) is 0 Å². The standard InChI is InChI=1S/C13H25N3O2/c1-13(2,3)18-12(17)16-8-11(9-16)14-10-5-6-15(4)7-10/h10-11,14H,5-9H2,1-4H3. The highest BCUT2D eigenvalue weighted by Gasteiger charge is 2.35. The van der Waals surface area contributed by atoms with Crippen LogP contribution < -0.4 is 5.32 Å². The van der Waals surface area contributed by atoms with Crippen LogP contribution in [0.5, 0.6) is 0 Å². The number of ether oxygens (including phenoxy) is 1. The zero-order valence-corrected chi connectivity index (χ0v) is 11.9. The molecule has 5 nitrogen and oxygen atoms in total. The molecular formula is C13H25N3O2. The molecule has 1 unspecified atom stereocenters. The Bertz CT molecular complexity index is 308. The molecule has 0 spiro atoms. The third-order valence-electron chi connectivity index (χ3n) is 3.40. The maximum Gasteiger partial charge on any atom is 0.410 e. The van der Waals surface area contributed by atoms with Gasteiger partial charge in [-0.25, -0.2) is 4.79 Å². The molecule has 2 aliphatic heterocycles. The first kappa shape index (κ1) is 13.6. The Morgan fingerprint density at radius 1 is 1.22 bits per heavy atom. The van der Waals surface area contributed by atoms with E-state index in [9.17, 15) is 4.79 Å². The van der Waals surface area contributed by atoms with Crippen LogP contribution in [-0.2, 0) is 4.74 Å². The molecule has 2 aliphatic rings. The van der Waals surface area contributed by atoms with Gasteiger partial charge >= 0.3 is 6.09 Å². The van der Waals surface area contributed by atoms with Gasteiger partial charge in [-0.3, -0.25) is 0 Å². The molecule has 0 aliphatic carbocycles. The number of carbonyl (C=O) groups excluding carboxylic acids is 1. The third-order valence-corrected chi connectivity index (χ3v) is 3.40. The Hall–Kier alpha value is -0.810. The SMILES string of the molecule is CN1CCC(NC2CN(C(=O)OC(C)(C)C)C2)C1. The van der Waals surface area contributed by atoms with Crippen molar-refractivity contribution in [2.75, 3.05) is 33.2 Å². The van der Waals surface area contributed by atoms with Gasteiger partial charge in [0, 0.05) is 31.7 Å². The number of amides is 1. The van der Waals surface area contributed by atoms with Crippen LogP contribution in [0.4, 0.5) is 4.79 Å². The van der Waals surface area contributed by atoms with Crippen molar-refractivity contribution in [1.82, 2.24) is 15.1 Å². The molecule has 18 heavy (non-hydrogen) atoms. The molecule has 0 aromatic rings. The van der Waals surface area contributed by atoms with Gasteiger partial charge in [0.15, 0.2) is 0 Å². The quantitative estimate of drug-likeness (QED) is 0.796. The van der Waals surface area contributed by atoms with Gasteiger partial charge < -0.3 is 19.9 Å². The maximum atomic E-state index is 11.7. The highest BCUT2D eigenvalue weighted by Crippen LogP contribution is 2.17. The van der Waals surface area contributed by atoms with Crippen molar-refractivity contribution in [2.24, 2.45) is 0 Å². The molecule has 1 amide bonds. The van der Waals surface area contributed by atoms with Gasteiger partial charge in [0.1, 0.15) is 5.60 Å². The second-order valence-electron chi connectivity index (χ2n) is 6.50. The molecule has 2 rings (SSSR count). The van der Waals surface area contributed by atoms with Gasteiger partial charge in [0.05, 0.1) is 0 Å². The van der Waals surface area contributed by atoms with E-state index >= 15 is 0 Å². The van der Waals surface area contributed by atoms with Gasteiger partial charge in [-0.2, -0.15) is 0 Å². The molecule has 0 aromatic carbocycles. The highest BCUT2D eigenvalue weighted by atomic mass is 16.6. The Labute approximate surface area is 109 Å². The summed E-state index contributed by atoms with van der Waals surface area (Å²) in [6.45, 7) is 9.52. The van der Waals surface area contributed by atoms with Crippen LogP contribution >= 0.6 is 0 Å². The molecule has 2 heterocycles. The minimum absolute atomic E-state index is 0.191. The molecule has 0 bridgehead atoms. The van der Waals surface area contributed by atoms with E-state index in [-0.39, 0.29) is 6.09 Å². The zero-order chi connectivity index (χ0) is 13.3. The molecule has 0 radical (unpaired) electrons. The Kier molecular flexibility index (Phi) is 3.82. The van der Waals surface area contributed by atoms with Gasteiger partial charge in [-0.15, -0.1) is 0 Å². The molecule has 1 N–H and O–H groups in total. The zero-order valence-electron chi connectivity index (χ0n) is 11.9. The number of likely N-dealkylation sites (tertiary alicyclic amines) is 2. The maximum absolute atomic E-state index is 11.7. The van der Waals surface area contributed by atoms with Crippen LogP contribution in [0.25, 0.3) is 0 Å². The second-order valence-corrected chi connectivity index (χ2v) is 6.50. The smallest absolute Gasteiger partial charge is 0.410 e. The van der Waals surface area contributed by atoms with Gasteiger partial charge in [-0.05, 0) is 40.8 Å². The monoisotopic (exact) mass is 255 g/mol. The average Bonchev–Trinajstić information content (AvgIpc) is 2.53. The van der Waals surface area contributed by atoms with Gasteiger partial charge in [0.25, 0.3) is 0 Å². The summed E-state index contributed by atoms with van der Waals surface area (Å²) in [5, 5.41) is 3.60. The number of likely N-dealkylation sites (N-methyl/N-ethyl adjacent to an activating group) is 1. The first-order valence-corrected chi connectivity index (χ1v) is 6.76. The van der Waals surface area contributed by atoms with E-state index in [0.717, 1.165) is 19.6 Å². The van der Waals surface area contributed by atoms with Crippen molar-refractivity contribution in [3.63, 3.8) is 0 Å². The molecule has 5 heteroatoms. The van der Waals surface area contributed by atoms with E-state index in [2.05, 4.69) is 17.3 Å². The van der Waals surface area contributed by atoms with Crippen molar-refractivity contribution in [3.8, 4) is 0 Å². The number of nitrogens with one attached hydrogen (secondary N) is 1. The number of rotatable bonds is 2. The number of carbonyl (C=O) groups is 1. The Balaban J connectivity index is 1.66. The summed E-state index contributed by atoms with van der Waals surface area (Å²) in [4.78, 5) is 15.8. The molecular weight excluding hydrogens is 230 g/mol. The van der Waals surface area contributed by atoms with E-state index in [1.807, 2.05) is 20.8 Å². The fourth-order valence-electron chi connectivity index (χ4n) is 2.46. The topological polar surface area (TPSA) is 44.8 Å².